The first-order valence-corrected chi connectivity index (χ1v) is 12.8. The SMILES string of the molecule is COc1ccc(C2=C(c3ccccc3C)N(Cc3ccccc3Cl)C(c3ccccc3Cl)N2)cc1OC. The van der Waals surface area contributed by atoms with Crippen LogP contribution in [0.25, 0.3) is 11.4 Å². The zero-order valence-electron chi connectivity index (χ0n) is 21.0. The van der Waals surface area contributed by atoms with Crippen molar-refractivity contribution in [3.63, 3.8) is 0 Å². The van der Waals surface area contributed by atoms with Gasteiger partial charge in [-0.3, -0.25) is 0 Å². The maximum absolute atomic E-state index is 6.76. The van der Waals surface area contributed by atoms with Gasteiger partial charge in [0.2, 0.25) is 0 Å². The van der Waals surface area contributed by atoms with Gasteiger partial charge in [-0.05, 0) is 48.4 Å². The second kappa shape index (κ2) is 10.8. The van der Waals surface area contributed by atoms with Gasteiger partial charge in [0.1, 0.15) is 6.17 Å². The van der Waals surface area contributed by atoms with E-state index in [2.05, 4.69) is 53.5 Å². The van der Waals surface area contributed by atoms with Crippen molar-refractivity contribution in [2.45, 2.75) is 19.6 Å². The lowest BCUT2D eigenvalue weighted by Gasteiger charge is -2.31. The third-order valence-corrected chi connectivity index (χ3v) is 7.40. The minimum absolute atomic E-state index is 0.220. The molecule has 188 valence electrons. The Morgan fingerprint density at radius 1 is 0.784 bits per heavy atom. The molecule has 0 saturated heterocycles. The van der Waals surface area contributed by atoms with Crippen molar-refractivity contribution < 1.29 is 9.47 Å². The van der Waals surface area contributed by atoms with Gasteiger partial charge >= 0.3 is 0 Å². The lowest BCUT2D eigenvalue weighted by atomic mass is 10.00. The van der Waals surface area contributed by atoms with Gasteiger partial charge in [0, 0.05) is 33.3 Å². The van der Waals surface area contributed by atoms with E-state index < -0.39 is 0 Å². The zero-order valence-corrected chi connectivity index (χ0v) is 22.5. The minimum Gasteiger partial charge on any atom is -0.493 e. The van der Waals surface area contributed by atoms with Gasteiger partial charge < -0.3 is 19.7 Å². The predicted octanol–water partition coefficient (Wildman–Crippen LogP) is 7.95. The topological polar surface area (TPSA) is 33.7 Å². The molecule has 1 unspecified atom stereocenters. The predicted molar refractivity (Wildman–Crippen MR) is 152 cm³/mol. The van der Waals surface area contributed by atoms with E-state index in [9.17, 15) is 0 Å². The van der Waals surface area contributed by atoms with Gasteiger partial charge in [-0.2, -0.15) is 0 Å². The van der Waals surface area contributed by atoms with Crippen molar-refractivity contribution >= 4 is 34.6 Å². The summed E-state index contributed by atoms with van der Waals surface area (Å²) in [5.41, 5.74) is 7.33. The van der Waals surface area contributed by atoms with Crippen molar-refractivity contribution in [2.75, 3.05) is 14.2 Å². The number of rotatable bonds is 7. The van der Waals surface area contributed by atoms with Gasteiger partial charge in [0.15, 0.2) is 11.5 Å². The Hall–Kier alpha value is -3.60. The first kappa shape index (κ1) is 25.1. The van der Waals surface area contributed by atoms with Gasteiger partial charge in [0.25, 0.3) is 0 Å². The van der Waals surface area contributed by atoms with Crippen molar-refractivity contribution in [1.29, 1.82) is 0 Å². The highest BCUT2D eigenvalue weighted by Crippen LogP contribution is 2.45. The highest BCUT2D eigenvalue weighted by Gasteiger charge is 2.36. The van der Waals surface area contributed by atoms with Crippen LogP contribution in [0.4, 0.5) is 0 Å². The Bertz CT molecular complexity index is 1470. The van der Waals surface area contributed by atoms with Crippen molar-refractivity contribution in [2.24, 2.45) is 0 Å². The molecule has 1 N–H and O–H groups in total. The maximum Gasteiger partial charge on any atom is 0.161 e. The van der Waals surface area contributed by atoms with Crippen LogP contribution in [-0.4, -0.2) is 19.1 Å². The molecule has 0 aromatic heterocycles. The van der Waals surface area contributed by atoms with E-state index in [0.29, 0.717) is 23.1 Å². The summed E-state index contributed by atoms with van der Waals surface area (Å²) in [5, 5.41) is 5.22. The summed E-state index contributed by atoms with van der Waals surface area (Å²) in [4.78, 5) is 2.34. The molecular formula is C31H28Cl2N2O2. The summed E-state index contributed by atoms with van der Waals surface area (Å²) in [6, 6.07) is 30.3. The lowest BCUT2D eigenvalue weighted by Crippen LogP contribution is -2.29. The van der Waals surface area contributed by atoms with Gasteiger partial charge in [-0.25, -0.2) is 0 Å². The van der Waals surface area contributed by atoms with E-state index in [0.717, 1.165) is 38.7 Å². The molecule has 1 heterocycles. The van der Waals surface area contributed by atoms with Crippen LogP contribution >= 0.6 is 23.2 Å². The smallest absolute Gasteiger partial charge is 0.161 e. The lowest BCUT2D eigenvalue weighted by molar-refractivity contribution is 0.292. The summed E-state index contributed by atoms with van der Waals surface area (Å²) in [6.07, 6.45) is -0.220. The third-order valence-electron chi connectivity index (χ3n) is 6.69. The number of hydrogen-bond acceptors (Lipinski definition) is 4. The van der Waals surface area contributed by atoms with E-state index in [1.165, 1.54) is 5.56 Å². The average molecular weight is 531 g/mol. The molecule has 37 heavy (non-hydrogen) atoms. The normalized spacial score (nSPS) is 15.1. The molecule has 1 aliphatic heterocycles. The number of methoxy groups -OCH3 is 2. The molecule has 0 spiro atoms. The van der Waals surface area contributed by atoms with E-state index in [1.54, 1.807) is 14.2 Å². The molecule has 0 amide bonds. The molecule has 6 heteroatoms. The molecule has 0 fully saturated rings. The number of ether oxygens (including phenoxy) is 2. The molecule has 4 aromatic rings. The van der Waals surface area contributed by atoms with Crippen LogP contribution in [0.1, 0.15) is 34.0 Å². The van der Waals surface area contributed by atoms with E-state index in [4.69, 9.17) is 32.7 Å². The van der Waals surface area contributed by atoms with Crippen molar-refractivity contribution in [3.05, 3.63) is 129 Å². The molecule has 1 atom stereocenters. The molecule has 0 saturated carbocycles. The summed E-state index contributed by atoms with van der Waals surface area (Å²) < 4.78 is 11.1. The number of nitrogens with one attached hydrogen (secondary N) is 1. The average Bonchev–Trinajstić information content (AvgIpc) is 3.28. The number of hydrogen-bond donors (Lipinski definition) is 1. The fourth-order valence-corrected chi connectivity index (χ4v) is 5.25. The van der Waals surface area contributed by atoms with Crippen LogP contribution in [-0.2, 0) is 6.54 Å². The van der Waals surface area contributed by atoms with Gasteiger partial charge in [-0.15, -0.1) is 0 Å². The Kier molecular flexibility index (Phi) is 7.31. The highest BCUT2D eigenvalue weighted by molar-refractivity contribution is 6.31. The first-order valence-electron chi connectivity index (χ1n) is 12.1. The van der Waals surface area contributed by atoms with Crippen LogP contribution < -0.4 is 14.8 Å². The fourth-order valence-electron chi connectivity index (χ4n) is 4.82. The standard InChI is InChI=1S/C31H28Cl2N2O2/c1-20-10-4-6-12-23(20)30-29(21-16-17-27(36-2)28(18-21)37-3)34-31(24-13-7-9-15-26(24)33)35(30)19-22-11-5-8-14-25(22)32/h4-18,31,34H,19H2,1-3H3. The fraction of sp³-hybridized carbons (Fsp3) is 0.161. The first-order chi connectivity index (χ1) is 18.0. The highest BCUT2D eigenvalue weighted by atomic mass is 35.5. The maximum atomic E-state index is 6.76. The summed E-state index contributed by atoms with van der Waals surface area (Å²) in [5.74, 6) is 1.34. The molecular weight excluding hydrogens is 503 g/mol. The van der Waals surface area contributed by atoms with Crippen molar-refractivity contribution in [3.8, 4) is 11.5 Å². The van der Waals surface area contributed by atoms with Crippen molar-refractivity contribution in [1.82, 2.24) is 10.2 Å². The van der Waals surface area contributed by atoms with Crippen LogP contribution in [0.2, 0.25) is 10.0 Å². The van der Waals surface area contributed by atoms with Crippen LogP contribution in [0.15, 0.2) is 91.0 Å². The number of aryl methyl sites for hydroxylation is 1. The molecule has 1 aliphatic rings. The zero-order chi connectivity index (χ0) is 25.9. The molecule has 0 bridgehead atoms. The molecule has 0 aliphatic carbocycles. The summed E-state index contributed by atoms with van der Waals surface area (Å²) in [7, 11) is 3.29. The quantitative estimate of drug-likeness (QED) is 0.263. The Balaban J connectivity index is 1.75. The third kappa shape index (κ3) is 4.87. The van der Waals surface area contributed by atoms with Gasteiger partial charge in [0.05, 0.1) is 25.6 Å². The second-order valence-corrected chi connectivity index (χ2v) is 9.71. The number of nitrogens with zero attached hydrogens (tertiary/aromatic N) is 1. The Labute approximate surface area is 228 Å². The monoisotopic (exact) mass is 530 g/mol. The van der Waals surface area contributed by atoms with E-state index in [1.807, 2.05) is 54.6 Å². The molecule has 4 nitrogen and oxygen atoms in total. The number of benzene rings is 4. The van der Waals surface area contributed by atoms with Crippen LogP contribution in [0, 0.1) is 6.92 Å². The Morgan fingerprint density at radius 3 is 2.16 bits per heavy atom. The van der Waals surface area contributed by atoms with Crippen LogP contribution in [0.5, 0.6) is 11.5 Å². The van der Waals surface area contributed by atoms with Gasteiger partial charge in [-0.1, -0.05) is 83.9 Å². The minimum atomic E-state index is -0.220. The number of halogens is 2. The summed E-state index contributed by atoms with van der Waals surface area (Å²) in [6.45, 7) is 2.72. The van der Waals surface area contributed by atoms with E-state index >= 15 is 0 Å². The molecule has 0 radical (unpaired) electrons. The van der Waals surface area contributed by atoms with Crippen LogP contribution in [0.3, 0.4) is 0 Å². The summed E-state index contributed by atoms with van der Waals surface area (Å²) >= 11 is 13.4. The molecule has 4 aromatic carbocycles. The Morgan fingerprint density at radius 2 is 1.46 bits per heavy atom. The van der Waals surface area contributed by atoms with E-state index in [-0.39, 0.29) is 6.17 Å². The molecule has 5 rings (SSSR count). The second-order valence-electron chi connectivity index (χ2n) is 8.90. The largest absolute Gasteiger partial charge is 0.493 e.